The highest BCUT2D eigenvalue weighted by Crippen LogP contribution is 2.23. The first kappa shape index (κ1) is 17.7. The van der Waals surface area contributed by atoms with E-state index in [9.17, 15) is 13.2 Å². The molecule has 0 aliphatic rings. The largest absolute Gasteiger partial charge is 0.325 e. The van der Waals surface area contributed by atoms with E-state index in [-0.39, 0.29) is 10.8 Å². The fourth-order valence-electron chi connectivity index (χ4n) is 2.08. The fourth-order valence-corrected chi connectivity index (χ4v) is 3.87. The molecule has 1 aromatic carbocycles. The average molecular weight is 352 g/mol. The number of nitrogens with zero attached hydrogens (tertiary/aromatic N) is 1. The van der Waals surface area contributed by atoms with Gasteiger partial charge in [0.05, 0.1) is 5.69 Å². The Balaban J connectivity index is 2.01. The molecule has 124 valence electrons. The summed E-state index contributed by atoms with van der Waals surface area (Å²) < 4.78 is 25.7. The molecule has 0 unspecified atom stereocenters. The van der Waals surface area contributed by atoms with Crippen LogP contribution in [0.1, 0.15) is 17.7 Å². The summed E-state index contributed by atoms with van der Waals surface area (Å²) in [6.45, 7) is 0. The molecule has 1 N–H and O–H groups in total. The minimum absolute atomic E-state index is 0.108. The number of nitrogens with one attached hydrogen (secondary N) is 1. The normalized spacial score (nSPS) is 11.6. The number of thiophene rings is 1. The van der Waals surface area contributed by atoms with Gasteiger partial charge in [-0.05, 0) is 36.4 Å². The van der Waals surface area contributed by atoms with Crippen LogP contribution >= 0.6 is 11.3 Å². The summed E-state index contributed by atoms with van der Waals surface area (Å²) in [5.41, 5.74) is 0.322. The molecule has 7 heteroatoms. The number of hydrogen-bond acceptors (Lipinski definition) is 4. The minimum atomic E-state index is -3.59. The number of hydrogen-bond donors (Lipinski definition) is 1. The van der Waals surface area contributed by atoms with E-state index < -0.39 is 10.0 Å². The van der Waals surface area contributed by atoms with Gasteiger partial charge in [-0.15, -0.1) is 11.3 Å². The Morgan fingerprint density at radius 3 is 2.57 bits per heavy atom. The average Bonchev–Trinajstić information content (AvgIpc) is 3.00. The third-order valence-corrected chi connectivity index (χ3v) is 6.14. The molecule has 0 radical (unpaired) electrons. The van der Waals surface area contributed by atoms with Gasteiger partial charge in [-0.3, -0.25) is 4.79 Å². The summed E-state index contributed by atoms with van der Waals surface area (Å²) in [6.07, 6.45) is 1.94. The van der Waals surface area contributed by atoms with Gasteiger partial charge < -0.3 is 5.32 Å². The lowest BCUT2D eigenvalue weighted by molar-refractivity contribution is -0.116. The number of sulfonamides is 1. The SMILES string of the molecule is CN(C)S(=O)(=O)c1ccccc1NC(=O)CCCc1cccs1. The topological polar surface area (TPSA) is 66.5 Å². The Morgan fingerprint density at radius 2 is 1.91 bits per heavy atom. The van der Waals surface area contributed by atoms with Crippen molar-refractivity contribution in [1.29, 1.82) is 0 Å². The molecule has 2 aromatic rings. The molecule has 0 aliphatic carbocycles. The smallest absolute Gasteiger partial charge is 0.244 e. The van der Waals surface area contributed by atoms with Crippen molar-refractivity contribution in [3.63, 3.8) is 0 Å². The van der Waals surface area contributed by atoms with Crippen molar-refractivity contribution in [1.82, 2.24) is 4.31 Å². The van der Waals surface area contributed by atoms with E-state index in [1.54, 1.807) is 29.5 Å². The molecule has 0 fully saturated rings. The van der Waals surface area contributed by atoms with Crippen LogP contribution in [0.3, 0.4) is 0 Å². The first-order valence-corrected chi connectivity index (χ1v) is 9.57. The molecular formula is C16H20N2O3S2. The standard InChI is InChI=1S/C16H20N2O3S2/c1-18(2)23(20,21)15-10-4-3-9-14(15)17-16(19)11-5-7-13-8-6-12-22-13/h3-4,6,8-10,12H,5,7,11H2,1-2H3,(H,17,19). The predicted octanol–water partition coefficient (Wildman–Crippen LogP) is 2.96. The third kappa shape index (κ3) is 4.63. The number of aryl methyl sites for hydroxylation is 1. The van der Waals surface area contributed by atoms with Crippen LogP contribution in [0.2, 0.25) is 0 Å². The van der Waals surface area contributed by atoms with Crippen LogP contribution in [0.5, 0.6) is 0 Å². The molecule has 0 spiro atoms. The number of para-hydroxylation sites is 1. The lowest BCUT2D eigenvalue weighted by atomic mass is 10.2. The first-order chi connectivity index (χ1) is 10.9. The van der Waals surface area contributed by atoms with Gasteiger partial charge in [0, 0.05) is 25.4 Å². The van der Waals surface area contributed by atoms with E-state index in [4.69, 9.17) is 0 Å². The van der Waals surface area contributed by atoms with E-state index in [0.29, 0.717) is 12.1 Å². The summed E-state index contributed by atoms with van der Waals surface area (Å²) in [5, 5.41) is 4.72. The predicted molar refractivity (Wildman–Crippen MR) is 93.2 cm³/mol. The number of anilines is 1. The van der Waals surface area contributed by atoms with Crippen LogP contribution in [0, 0.1) is 0 Å². The van der Waals surface area contributed by atoms with Gasteiger partial charge >= 0.3 is 0 Å². The maximum Gasteiger partial charge on any atom is 0.244 e. The maximum absolute atomic E-state index is 12.3. The summed E-state index contributed by atoms with van der Waals surface area (Å²) >= 11 is 1.67. The van der Waals surface area contributed by atoms with Crippen LogP contribution in [0.25, 0.3) is 0 Å². The van der Waals surface area contributed by atoms with Crippen LogP contribution in [0.4, 0.5) is 5.69 Å². The third-order valence-electron chi connectivity index (χ3n) is 3.33. The highest BCUT2D eigenvalue weighted by atomic mass is 32.2. The van der Waals surface area contributed by atoms with Crippen molar-refractivity contribution >= 4 is 33.0 Å². The molecule has 23 heavy (non-hydrogen) atoms. The minimum Gasteiger partial charge on any atom is -0.325 e. The highest BCUT2D eigenvalue weighted by Gasteiger charge is 2.21. The van der Waals surface area contributed by atoms with Crippen molar-refractivity contribution in [2.45, 2.75) is 24.2 Å². The monoisotopic (exact) mass is 352 g/mol. The van der Waals surface area contributed by atoms with Gasteiger partial charge in [0.1, 0.15) is 4.90 Å². The Hall–Kier alpha value is -1.70. The van der Waals surface area contributed by atoms with E-state index in [1.165, 1.54) is 25.0 Å². The van der Waals surface area contributed by atoms with Gasteiger partial charge in [-0.25, -0.2) is 12.7 Å². The van der Waals surface area contributed by atoms with Crippen LogP contribution in [-0.4, -0.2) is 32.7 Å². The van der Waals surface area contributed by atoms with Crippen LogP contribution in [0.15, 0.2) is 46.7 Å². The molecule has 5 nitrogen and oxygen atoms in total. The Bertz CT molecular complexity index is 753. The number of carbonyl (C=O) groups excluding carboxylic acids is 1. The number of rotatable bonds is 7. The number of amides is 1. The molecule has 0 aliphatic heterocycles. The molecule has 0 atom stereocenters. The van der Waals surface area contributed by atoms with Crippen LogP contribution < -0.4 is 5.32 Å². The fraction of sp³-hybridized carbons (Fsp3) is 0.312. The van der Waals surface area contributed by atoms with Crippen molar-refractivity contribution in [2.24, 2.45) is 0 Å². The van der Waals surface area contributed by atoms with Gasteiger partial charge in [0.2, 0.25) is 15.9 Å². The van der Waals surface area contributed by atoms with Crippen molar-refractivity contribution in [3.8, 4) is 0 Å². The summed E-state index contributed by atoms with van der Waals surface area (Å²) in [5.74, 6) is -0.178. The summed E-state index contributed by atoms with van der Waals surface area (Å²) in [4.78, 5) is 13.4. The molecule has 2 rings (SSSR count). The highest BCUT2D eigenvalue weighted by molar-refractivity contribution is 7.89. The van der Waals surface area contributed by atoms with E-state index in [2.05, 4.69) is 5.32 Å². The molecular weight excluding hydrogens is 332 g/mol. The van der Waals surface area contributed by atoms with Crippen molar-refractivity contribution in [3.05, 3.63) is 46.7 Å². The summed E-state index contributed by atoms with van der Waals surface area (Å²) in [6, 6.07) is 10.5. The van der Waals surface area contributed by atoms with Gasteiger partial charge in [0.25, 0.3) is 0 Å². The Kier molecular flexibility index (Phi) is 5.92. The second-order valence-corrected chi connectivity index (χ2v) is 8.42. The van der Waals surface area contributed by atoms with Gasteiger partial charge in [0.15, 0.2) is 0 Å². The van der Waals surface area contributed by atoms with Crippen molar-refractivity contribution in [2.75, 3.05) is 19.4 Å². The molecule has 1 aromatic heterocycles. The molecule has 0 bridgehead atoms. The molecule has 1 amide bonds. The zero-order valence-electron chi connectivity index (χ0n) is 13.2. The van der Waals surface area contributed by atoms with Crippen molar-refractivity contribution < 1.29 is 13.2 Å². The lowest BCUT2D eigenvalue weighted by Gasteiger charge is -2.15. The van der Waals surface area contributed by atoms with E-state index in [1.807, 2.05) is 17.5 Å². The number of benzene rings is 1. The lowest BCUT2D eigenvalue weighted by Crippen LogP contribution is -2.24. The number of carbonyl (C=O) groups is 1. The van der Waals surface area contributed by atoms with Gasteiger partial charge in [-0.1, -0.05) is 18.2 Å². The zero-order chi connectivity index (χ0) is 16.9. The van der Waals surface area contributed by atoms with E-state index >= 15 is 0 Å². The zero-order valence-corrected chi connectivity index (χ0v) is 14.8. The van der Waals surface area contributed by atoms with E-state index in [0.717, 1.165) is 17.1 Å². The molecule has 1 heterocycles. The Labute approximate surface area is 141 Å². The van der Waals surface area contributed by atoms with Crippen LogP contribution in [-0.2, 0) is 21.2 Å². The quantitative estimate of drug-likeness (QED) is 0.833. The maximum atomic E-state index is 12.3. The molecule has 0 saturated heterocycles. The molecule has 0 saturated carbocycles. The second kappa shape index (κ2) is 7.72. The van der Waals surface area contributed by atoms with Gasteiger partial charge in [-0.2, -0.15) is 0 Å². The summed E-state index contributed by atoms with van der Waals surface area (Å²) in [7, 11) is -0.654. The Morgan fingerprint density at radius 1 is 1.17 bits per heavy atom. The second-order valence-electron chi connectivity index (χ2n) is 5.26. The first-order valence-electron chi connectivity index (χ1n) is 7.25.